The van der Waals surface area contributed by atoms with Crippen molar-refractivity contribution in [1.29, 1.82) is 0 Å². The van der Waals surface area contributed by atoms with Crippen LogP contribution in [0.15, 0.2) is 30.3 Å². The van der Waals surface area contributed by atoms with Crippen molar-refractivity contribution in [3.63, 3.8) is 0 Å². The van der Waals surface area contributed by atoms with Crippen LogP contribution in [0.25, 0.3) is 5.57 Å². The van der Waals surface area contributed by atoms with Crippen LogP contribution in [-0.2, 0) is 4.79 Å². The average Bonchev–Trinajstić information content (AvgIpc) is 2.78. The zero-order chi connectivity index (χ0) is 12.0. The molecule has 0 amide bonds. The summed E-state index contributed by atoms with van der Waals surface area (Å²) in [6.45, 7) is 2.05. The third-order valence-electron chi connectivity index (χ3n) is 4.10. The topological polar surface area (TPSA) is 37.3 Å². The number of allylic oxidation sites excluding steroid dienone is 1. The molecule has 1 aromatic carbocycles. The van der Waals surface area contributed by atoms with E-state index in [0.29, 0.717) is 19.3 Å². The first-order valence-corrected chi connectivity index (χ1v) is 6.14. The summed E-state index contributed by atoms with van der Waals surface area (Å²) in [6, 6.07) is 8.15. The smallest absolute Gasteiger partial charge is 0.139 e. The highest BCUT2D eigenvalue weighted by Gasteiger charge is 2.51. The van der Waals surface area contributed by atoms with Crippen LogP contribution in [0.5, 0.6) is 0 Å². The average molecular weight is 228 g/mol. The van der Waals surface area contributed by atoms with E-state index in [4.69, 9.17) is 0 Å². The van der Waals surface area contributed by atoms with Crippen LogP contribution in [0.2, 0.25) is 0 Å². The molecule has 2 aliphatic rings. The summed E-state index contributed by atoms with van der Waals surface area (Å²) >= 11 is 0. The molecule has 0 bridgehead atoms. The maximum Gasteiger partial charge on any atom is 0.139 e. The number of carbonyl (C=O) groups excluding carboxylic acids is 1. The molecular weight excluding hydrogens is 212 g/mol. The molecule has 0 spiro atoms. The Morgan fingerprint density at radius 3 is 2.71 bits per heavy atom. The van der Waals surface area contributed by atoms with E-state index in [2.05, 4.69) is 0 Å². The zero-order valence-corrected chi connectivity index (χ0v) is 9.94. The standard InChI is InChI=1S/C15H16O2/c1-10-2-4-11(5-3-10)12-6-7-13-14(16)8-9-15(12,13)17/h2-6,13,17H,7-9H2,1H3/t13-,15-/m1/s1. The fraction of sp³-hybridized carbons (Fsp3) is 0.400. The van der Waals surface area contributed by atoms with Gasteiger partial charge in [-0.25, -0.2) is 0 Å². The van der Waals surface area contributed by atoms with Crippen molar-refractivity contribution in [3.05, 3.63) is 41.5 Å². The van der Waals surface area contributed by atoms with Crippen molar-refractivity contribution in [1.82, 2.24) is 0 Å². The predicted molar refractivity (Wildman–Crippen MR) is 66.5 cm³/mol. The highest BCUT2D eigenvalue weighted by Crippen LogP contribution is 2.49. The molecule has 1 N–H and O–H groups in total. The number of ketones is 1. The lowest BCUT2D eigenvalue weighted by Gasteiger charge is -2.26. The highest BCUT2D eigenvalue weighted by atomic mass is 16.3. The molecule has 1 saturated carbocycles. The number of fused-ring (bicyclic) bond motifs is 1. The number of hydrogen-bond acceptors (Lipinski definition) is 2. The number of hydrogen-bond donors (Lipinski definition) is 1. The van der Waals surface area contributed by atoms with Gasteiger partial charge in [-0.2, -0.15) is 0 Å². The Kier molecular flexibility index (Phi) is 2.23. The molecule has 0 radical (unpaired) electrons. The van der Waals surface area contributed by atoms with Gasteiger partial charge in [-0.15, -0.1) is 0 Å². The molecule has 1 fully saturated rings. The Morgan fingerprint density at radius 1 is 1.29 bits per heavy atom. The second-order valence-corrected chi connectivity index (χ2v) is 5.16. The first-order valence-electron chi connectivity index (χ1n) is 6.14. The number of Topliss-reactive ketones (excluding diaryl/α,β-unsaturated/α-hetero) is 1. The fourth-order valence-electron chi connectivity index (χ4n) is 3.09. The second-order valence-electron chi connectivity index (χ2n) is 5.16. The summed E-state index contributed by atoms with van der Waals surface area (Å²) in [7, 11) is 0. The molecule has 0 aliphatic heterocycles. The third kappa shape index (κ3) is 1.48. The van der Waals surface area contributed by atoms with Gasteiger partial charge in [-0.1, -0.05) is 35.9 Å². The van der Waals surface area contributed by atoms with Gasteiger partial charge in [0.15, 0.2) is 0 Å². The Labute approximate surface area is 101 Å². The number of rotatable bonds is 1. The summed E-state index contributed by atoms with van der Waals surface area (Å²) in [5.74, 6) is 0.0182. The number of aliphatic hydroxyl groups is 1. The number of aryl methyl sites for hydroxylation is 1. The predicted octanol–water partition coefficient (Wildman–Crippen LogP) is 2.49. The SMILES string of the molecule is Cc1ccc(C2=CC[C@@H]3C(=O)CC[C@@]23O)cc1. The molecule has 0 heterocycles. The Hall–Kier alpha value is -1.41. The molecule has 0 saturated heterocycles. The van der Waals surface area contributed by atoms with Crippen molar-refractivity contribution >= 4 is 11.4 Å². The summed E-state index contributed by atoms with van der Waals surface area (Å²) in [5, 5.41) is 10.7. The van der Waals surface area contributed by atoms with Gasteiger partial charge in [0.1, 0.15) is 11.4 Å². The fourth-order valence-corrected chi connectivity index (χ4v) is 3.09. The first-order chi connectivity index (χ1) is 8.11. The van der Waals surface area contributed by atoms with E-state index in [1.165, 1.54) is 5.56 Å². The van der Waals surface area contributed by atoms with Crippen molar-refractivity contribution < 1.29 is 9.90 Å². The second kappa shape index (κ2) is 3.54. The molecule has 0 aromatic heterocycles. The Balaban J connectivity index is 2.00. The largest absolute Gasteiger partial charge is 0.384 e. The lowest BCUT2D eigenvalue weighted by molar-refractivity contribution is -0.122. The van der Waals surface area contributed by atoms with Crippen LogP contribution < -0.4 is 0 Å². The van der Waals surface area contributed by atoms with Gasteiger partial charge in [0.05, 0.1) is 5.92 Å². The summed E-state index contributed by atoms with van der Waals surface area (Å²) < 4.78 is 0. The number of benzene rings is 1. The van der Waals surface area contributed by atoms with E-state index in [-0.39, 0.29) is 11.7 Å². The van der Waals surface area contributed by atoms with Crippen molar-refractivity contribution in [3.8, 4) is 0 Å². The molecule has 2 heteroatoms. The van der Waals surface area contributed by atoms with E-state index in [0.717, 1.165) is 11.1 Å². The van der Waals surface area contributed by atoms with Crippen molar-refractivity contribution in [2.45, 2.75) is 31.8 Å². The lowest BCUT2D eigenvalue weighted by Crippen LogP contribution is -2.32. The van der Waals surface area contributed by atoms with Gasteiger partial charge < -0.3 is 5.11 Å². The quantitative estimate of drug-likeness (QED) is 0.801. The summed E-state index contributed by atoms with van der Waals surface area (Å²) in [6.07, 6.45) is 3.82. The van der Waals surface area contributed by atoms with Gasteiger partial charge in [-0.3, -0.25) is 4.79 Å². The van der Waals surface area contributed by atoms with Crippen molar-refractivity contribution in [2.75, 3.05) is 0 Å². The Morgan fingerprint density at radius 2 is 2.00 bits per heavy atom. The molecule has 2 aliphatic carbocycles. The van der Waals surface area contributed by atoms with Gasteiger partial charge in [0.25, 0.3) is 0 Å². The van der Waals surface area contributed by atoms with E-state index in [1.54, 1.807) is 0 Å². The molecule has 3 rings (SSSR count). The van der Waals surface area contributed by atoms with Gasteiger partial charge in [0.2, 0.25) is 0 Å². The van der Waals surface area contributed by atoms with Crippen molar-refractivity contribution in [2.24, 2.45) is 5.92 Å². The van der Waals surface area contributed by atoms with Gasteiger partial charge in [-0.05, 0) is 30.9 Å². The van der Waals surface area contributed by atoms with E-state index < -0.39 is 5.60 Å². The number of carbonyl (C=O) groups is 1. The van der Waals surface area contributed by atoms with Crippen LogP contribution in [0, 0.1) is 12.8 Å². The first kappa shape index (κ1) is 10.7. The molecule has 17 heavy (non-hydrogen) atoms. The van der Waals surface area contributed by atoms with E-state index >= 15 is 0 Å². The molecular formula is C15H16O2. The lowest BCUT2D eigenvalue weighted by atomic mass is 9.85. The molecule has 2 nitrogen and oxygen atoms in total. The van der Waals surface area contributed by atoms with Crippen LogP contribution >= 0.6 is 0 Å². The zero-order valence-electron chi connectivity index (χ0n) is 9.94. The molecule has 1 aromatic rings. The Bertz CT molecular complexity index is 498. The van der Waals surface area contributed by atoms with Crippen LogP contribution in [-0.4, -0.2) is 16.5 Å². The minimum absolute atomic E-state index is 0.196. The normalized spacial score (nSPS) is 31.5. The molecule has 88 valence electrons. The summed E-state index contributed by atoms with van der Waals surface area (Å²) in [4.78, 5) is 11.7. The summed E-state index contributed by atoms with van der Waals surface area (Å²) in [5.41, 5.74) is 2.31. The monoisotopic (exact) mass is 228 g/mol. The molecule has 0 unspecified atom stereocenters. The van der Waals surface area contributed by atoms with Crippen LogP contribution in [0.4, 0.5) is 0 Å². The van der Waals surface area contributed by atoms with E-state index in [1.807, 2.05) is 37.3 Å². The van der Waals surface area contributed by atoms with Gasteiger partial charge >= 0.3 is 0 Å². The highest BCUT2D eigenvalue weighted by molar-refractivity contribution is 5.93. The third-order valence-corrected chi connectivity index (χ3v) is 4.10. The molecule has 2 atom stereocenters. The van der Waals surface area contributed by atoms with Crippen LogP contribution in [0.3, 0.4) is 0 Å². The minimum Gasteiger partial charge on any atom is -0.384 e. The minimum atomic E-state index is -0.896. The maximum atomic E-state index is 11.7. The van der Waals surface area contributed by atoms with E-state index in [9.17, 15) is 9.90 Å². The van der Waals surface area contributed by atoms with Gasteiger partial charge in [0, 0.05) is 6.42 Å². The maximum absolute atomic E-state index is 11.7. The van der Waals surface area contributed by atoms with Crippen LogP contribution in [0.1, 0.15) is 30.4 Å².